The normalized spacial score (nSPS) is 9.60. The third kappa shape index (κ3) is 22.8. The largest absolute Gasteiger partial charge is 0.463 e. The van der Waals surface area contributed by atoms with Crippen LogP contribution < -0.4 is 0 Å². The molecule has 6 nitrogen and oxygen atoms in total. The second-order valence-corrected chi connectivity index (χ2v) is 6.01. The van der Waals surface area contributed by atoms with Gasteiger partial charge in [-0.15, -0.1) is 0 Å². The molecule has 25 heavy (non-hydrogen) atoms. The number of carbonyl (C=O) groups excluding carboxylic acids is 4. The molecule has 0 aromatic carbocycles. The molecule has 0 rings (SSSR count). The fourth-order valence-electron chi connectivity index (χ4n) is 1.67. The van der Waals surface area contributed by atoms with Gasteiger partial charge in [0, 0.05) is 12.8 Å². The number of ether oxygens (including phenoxy) is 2. The molecule has 0 aliphatic heterocycles. The molecule has 0 aromatic heterocycles. The highest BCUT2D eigenvalue weighted by molar-refractivity contribution is 5.96. The first-order chi connectivity index (χ1) is 11.1. The topological polar surface area (TPSA) is 86.7 Å². The highest BCUT2D eigenvalue weighted by Crippen LogP contribution is 1.99. The predicted molar refractivity (Wildman–Crippen MR) is 101 cm³/mol. The lowest BCUT2D eigenvalue weighted by Gasteiger charge is -2.06. The van der Waals surface area contributed by atoms with Crippen LogP contribution in [0.2, 0.25) is 0 Å². The molecule has 0 N–H and O–H groups in total. The maximum atomic E-state index is 10.9. The summed E-state index contributed by atoms with van der Waals surface area (Å²) in [5, 5.41) is 0. The number of ketones is 2. The molecular formula is C18H35AlO6. The third-order valence-corrected chi connectivity index (χ3v) is 2.47. The van der Waals surface area contributed by atoms with Gasteiger partial charge in [-0.2, -0.15) is 0 Å². The lowest BCUT2D eigenvalue weighted by Crippen LogP contribution is -2.15. The van der Waals surface area contributed by atoms with Crippen LogP contribution in [0.15, 0.2) is 0 Å². The van der Waals surface area contributed by atoms with E-state index in [1.165, 1.54) is 0 Å². The zero-order valence-electron chi connectivity index (χ0n) is 15.8. The van der Waals surface area contributed by atoms with Gasteiger partial charge in [0.1, 0.15) is 24.4 Å². The van der Waals surface area contributed by atoms with Gasteiger partial charge in [0.25, 0.3) is 0 Å². The first-order valence-electron chi connectivity index (χ1n) is 8.54. The molecule has 0 amide bonds. The number of hydrogen-bond donors (Lipinski definition) is 0. The van der Waals surface area contributed by atoms with Crippen molar-refractivity contribution in [1.82, 2.24) is 0 Å². The molecule has 0 saturated heterocycles. The molecule has 0 radical (unpaired) electrons. The molecule has 0 aliphatic rings. The first-order valence-corrected chi connectivity index (χ1v) is 8.54. The lowest BCUT2D eigenvalue weighted by atomic mass is 10.2. The molecule has 0 aromatic rings. The summed E-state index contributed by atoms with van der Waals surface area (Å²) in [4.78, 5) is 43.7. The standard InChI is InChI=1S/2C9H16O3.Al.3H/c2*1-4-5-8(10)6-9(11)12-7(2)3;;;;/h2*7H,4-6H2,1-3H3;;;;. The molecule has 0 fully saturated rings. The van der Waals surface area contributed by atoms with Gasteiger partial charge in [0.05, 0.1) is 12.2 Å². The zero-order valence-corrected chi connectivity index (χ0v) is 15.8. The first kappa shape index (κ1) is 28.6. The van der Waals surface area contributed by atoms with Gasteiger partial charge in [-0.3, -0.25) is 19.2 Å². The van der Waals surface area contributed by atoms with Crippen LogP contribution in [0.1, 0.15) is 80.1 Å². The minimum Gasteiger partial charge on any atom is -0.463 e. The summed E-state index contributed by atoms with van der Waals surface area (Å²) in [7, 11) is 0. The summed E-state index contributed by atoms with van der Waals surface area (Å²) >= 11 is 0. The molecule has 7 heteroatoms. The van der Waals surface area contributed by atoms with Crippen molar-refractivity contribution in [3.8, 4) is 0 Å². The fourth-order valence-corrected chi connectivity index (χ4v) is 1.67. The predicted octanol–water partition coefficient (Wildman–Crippen LogP) is 2.21. The van der Waals surface area contributed by atoms with Crippen LogP contribution in [-0.2, 0) is 28.7 Å². The number of hydrogen-bond acceptors (Lipinski definition) is 6. The summed E-state index contributed by atoms with van der Waals surface area (Å²) in [6, 6.07) is 0. The van der Waals surface area contributed by atoms with Crippen molar-refractivity contribution in [2.45, 2.75) is 92.3 Å². The van der Waals surface area contributed by atoms with Gasteiger partial charge >= 0.3 is 11.9 Å². The minimum atomic E-state index is -0.413. The Morgan fingerprint density at radius 3 is 1.16 bits per heavy atom. The molecule has 0 heterocycles. The van der Waals surface area contributed by atoms with E-state index in [0.717, 1.165) is 12.8 Å². The smallest absolute Gasteiger partial charge is 0.313 e. The van der Waals surface area contributed by atoms with Crippen molar-refractivity contribution in [1.29, 1.82) is 0 Å². The second-order valence-electron chi connectivity index (χ2n) is 6.01. The van der Waals surface area contributed by atoms with E-state index < -0.39 is 11.9 Å². The van der Waals surface area contributed by atoms with Crippen LogP contribution >= 0.6 is 0 Å². The molecule has 0 bridgehead atoms. The SMILES string of the molecule is CCCC(=O)CC(=O)OC(C)C.CCCC(=O)CC(=O)OC(C)C.[AlH3]. The summed E-state index contributed by atoms with van der Waals surface area (Å²) in [5.41, 5.74) is 0. The Kier molecular flexibility index (Phi) is 20.2. The zero-order chi connectivity index (χ0) is 19.1. The molecular weight excluding hydrogens is 339 g/mol. The van der Waals surface area contributed by atoms with E-state index in [2.05, 4.69) is 0 Å². The van der Waals surface area contributed by atoms with E-state index in [1.54, 1.807) is 27.7 Å². The summed E-state index contributed by atoms with van der Waals surface area (Å²) < 4.78 is 9.61. The maximum Gasteiger partial charge on any atom is 0.313 e. The monoisotopic (exact) mass is 374 g/mol. The molecule has 0 unspecified atom stereocenters. The van der Waals surface area contributed by atoms with Crippen molar-refractivity contribution >= 4 is 40.9 Å². The maximum absolute atomic E-state index is 10.9. The highest BCUT2D eigenvalue weighted by Gasteiger charge is 2.11. The van der Waals surface area contributed by atoms with Crippen molar-refractivity contribution < 1.29 is 28.7 Å². The summed E-state index contributed by atoms with van der Waals surface area (Å²) in [5.74, 6) is -0.904. The van der Waals surface area contributed by atoms with E-state index in [1.807, 2.05) is 13.8 Å². The molecule has 146 valence electrons. The van der Waals surface area contributed by atoms with Crippen LogP contribution in [0.5, 0.6) is 0 Å². The van der Waals surface area contributed by atoms with Gasteiger partial charge in [0.2, 0.25) is 0 Å². The second kappa shape index (κ2) is 17.6. The molecule has 0 atom stereocenters. The van der Waals surface area contributed by atoms with Gasteiger partial charge in [-0.05, 0) is 40.5 Å². The Bertz CT molecular complexity index is 366. The van der Waals surface area contributed by atoms with Gasteiger partial charge in [-0.25, -0.2) is 0 Å². The average molecular weight is 374 g/mol. The van der Waals surface area contributed by atoms with Crippen LogP contribution in [0.3, 0.4) is 0 Å². The fraction of sp³-hybridized carbons (Fsp3) is 0.778. The van der Waals surface area contributed by atoms with E-state index in [9.17, 15) is 19.2 Å². The number of Topliss-reactive ketones (excluding diaryl/α,β-unsaturated/α-hetero) is 2. The van der Waals surface area contributed by atoms with E-state index >= 15 is 0 Å². The van der Waals surface area contributed by atoms with Crippen molar-refractivity contribution in [2.75, 3.05) is 0 Å². The van der Waals surface area contributed by atoms with Crippen LogP contribution in [0.25, 0.3) is 0 Å². The minimum absolute atomic E-state index is 0. The van der Waals surface area contributed by atoms with Crippen molar-refractivity contribution in [3.63, 3.8) is 0 Å². The lowest BCUT2D eigenvalue weighted by molar-refractivity contribution is -0.151. The Labute approximate surface area is 162 Å². The molecule has 0 aliphatic carbocycles. The van der Waals surface area contributed by atoms with Crippen LogP contribution in [0, 0.1) is 0 Å². The van der Waals surface area contributed by atoms with Gasteiger partial charge in [0.15, 0.2) is 17.4 Å². The average Bonchev–Trinajstić information content (AvgIpc) is 2.37. The van der Waals surface area contributed by atoms with Crippen LogP contribution in [-0.4, -0.2) is 53.1 Å². The Hall–Kier alpha value is -1.19. The highest BCUT2D eigenvalue weighted by atomic mass is 27.0. The quantitative estimate of drug-likeness (QED) is 0.331. The Morgan fingerprint density at radius 1 is 0.680 bits per heavy atom. The van der Waals surface area contributed by atoms with E-state index in [4.69, 9.17) is 9.47 Å². The number of esters is 2. The van der Waals surface area contributed by atoms with E-state index in [-0.39, 0.29) is 54.0 Å². The third-order valence-electron chi connectivity index (χ3n) is 2.47. The Balaban J connectivity index is -0.000000372. The van der Waals surface area contributed by atoms with Gasteiger partial charge < -0.3 is 9.47 Å². The number of carbonyl (C=O) groups is 4. The van der Waals surface area contributed by atoms with Crippen molar-refractivity contribution in [2.24, 2.45) is 0 Å². The number of rotatable bonds is 10. The Morgan fingerprint density at radius 2 is 0.960 bits per heavy atom. The van der Waals surface area contributed by atoms with E-state index in [0.29, 0.717) is 12.8 Å². The summed E-state index contributed by atoms with van der Waals surface area (Å²) in [6.45, 7) is 10.9. The van der Waals surface area contributed by atoms with Crippen molar-refractivity contribution in [3.05, 3.63) is 0 Å². The van der Waals surface area contributed by atoms with Gasteiger partial charge in [-0.1, -0.05) is 13.8 Å². The summed E-state index contributed by atoms with van der Waals surface area (Å²) in [6.07, 6.45) is 2.08. The van der Waals surface area contributed by atoms with Crippen LogP contribution in [0.4, 0.5) is 0 Å². The molecule has 0 saturated carbocycles. The molecule has 0 spiro atoms.